The molecule has 3 atom stereocenters. The number of pyridine rings is 1. The second-order valence-corrected chi connectivity index (χ2v) is 7.89. The minimum absolute atomic E-state index is 0.0515. The van der Waals surface area contributed by atoms with Crippen LogP contribution in [0, 0.1) is 18.8 Å². The number of amides is 1. The van der Waals surface area contributed by atoms with Crippen molar-refractivity contribution in [3.63, 3.8) is 0 Å². The highest BCUT2D eigenvalue weighted by molar-refractivity contribution is 5.94. The lowest BCUT2D eigenvalue weighted by Crippen LogP contribution is -2.36. The molecule has 3 aromatic rings. The van der Waals surface area contributed by atoms with E-state index in [2.05, 4.69) is 55.9 Å². The Morgan fingerprint density at radius 1 is 0.966 bits per heavy atom. The Kier molecular flexibility index (Phi) is 4.46. The van der Waals surface area contributed by atoms with Crippen molar-refractivity contribution in [1.29, 1.82) is 0 Å². The lowest BCUT2D eigenvalue weighted by Gasteiger charge is -2.31. The van der Waals surface area contributed by atoms with E-state index in [1.54, 1.807) is 24.8 Å². The van der Waals surface area contributed by atoms with Crippen molar-refractivity contribution in [2.45, 2.75) is 13.0 Å². The Hall–Kier alpha value is -3.28. The highest BCUT2D eigenvalue weighted by atomic mass is 16.2. The molecule has 0 unspecified atom stereocenters. The van der Waals surface area contributed by atoms with Crippen LogP contribution in [-0.2, 0) is 0 Å². The van der Waals surface area contributed by atoms with Crippen molar-refractivity contribution in [3.05, 3.63) is 84.1 Å². The van der Waals surface area contributed by atoms with Gasteiger partial charge in [0.25, 0.3) is 5.91 Å². The van der Waals surface area contributed by atoms with Gasteiger partial charge in [0, 0.05) is 56.3 Å². The molecule has 29 heavy (non-hydrogen) atoms. The molecule has 2 saturated heterocycles. The number of fused-ring (bicyclic) bond motifs is 1. The van der Waals surface area contributed by atoms with Crippen LogP contribution < -0.4 is 4.90 Å². The predicted molar refractivity (Wildman–Crippen MR) is 110 cm³/mol. The van der Waals surface area contributed by atoms with Crippen LogP contribution >= 0.6 is 0 Å². The first-order valence-electron chi connectivity index (χ1n) is 10.00. The first-order valence-corrected chi connectivity index (χ1v) is 10.00. The van der Waals surface area contributed by atoms with E-state index >= 15 is 0 Å². The van der Waals surface area contributed by atoms with Gasteiger partial charge in [-0.25, -0.2) is 4.98 Å². The highest BCUT2D eigenvalue weighted by Crippen LogP contribution is 2.46. The van der Waals surface area contributed by atoms with Crippen LogP contribution in [0.3, 0.4) is 0 Å². The zero-order valence-electron chi connectivity index (χ0n) is 16.3. The molecule has 5 rings (SSSR count). The summed E-state index contributed by atoms with van der Waals surface area (Å²) in [5.74, 6) is 1.74. The van der Waals surface area contributed by atoms with Gasteiger partial charge in [0.2, 0.25) is 0 Å². The Labute approximate surface area is 170 Å². The van der Waals surface area contributed by atoms with E-state index in [1.165, 1.54) is 11.1 Å². The number of hydrogen-bond acceptors (Lipinski definition) is 5. The van der Waals surface area contributed by atoms with Gasteiger partial charge in [-0.15, -0.1) is 0 Å². The average molecular weight is 385 g/mol. The number of carbonyl (C=O) groups is 1. The van der Waals surface area contributed by atoms with Gasteiger partial charge in [0.05, 0.1) is 17.8 Å². The predicted octanol–water partition coefficient (Wildman–Crippen LogP) is 3.13. The molecule has 0 spiro atoms. The Morgan fingerprint density at radius 2 is 1.83 bits per heavy atom. The molecule has 146 valence electrons. The Morgan fingerprint density at radius 3 is 2.59 bits per heavy atom. The lowest BCUT2D eigenvalue weighted by atomic mass is 9.87. The third kappa shape index (κ3) is 3.14. The summed E-state index contributed by atoms with van der Waals surface area (Å²) in [5.41, 5.74) is 3.11. The molecular weight excluding hydrogens is 362 g/mol. The summed E-state index contributed by atoms with van der Waals surface area (Å²) in [7, 11) is 0. The number of aromatic nitrogens is 3. The fraction of sp³-hybridized carbons (Fsp3) is 0.304. The number of likely N-dealkylation sites (tertiary alicyclic amines) is 1. The molecule has 2 aliphatic rings. The maximum atomic E-state index is 13.4. The molecular formula is C23H23N5O. The van der Waals surface area contributed by atoms with E-state index in [9.17, 15) is 4.79 Å². The number of nitrogens with zero attached hydrogens (tertiary/aromatic N) is 5. The van der Waals surface area contributed by atoms with Crippen LogP contribution in [0.25, 0.3) is 0 Å². The van der Waals surface area contributed by atoms with E-state index in [0.29, 0.717) is 17.4 Å². The number of hydrogen-bond donors (Lipinski definition) is 0. The standard InChI is InChI=1S/C23H23N5O/c1-16-5-2-3-7-19(16)22-20-15-27(21-12-25-9-10-26-21)13-18(20)14-28(22)23(29)17-6-4-8-24-11-17/h2-12,18,20,22H,13-15H2,1H3/t18-,20-,22+/m0/s1. The SMILES string of the molecule is Cc1ccccc1[C@@H]1[C@H]2CN(c3cnccn3)C[C@H]2CN1C(=O)c1cccnc1. The molecule has 0 aliphatic carbocycles. The maximum absolute atomic E-state index is 13.4. The molecule has 2 aliphatic heterocycles. The van der Waals surface area contributed by atoms with Gasteiger partial charge in [0.15, 0.2) is 0 Å². The van der Waals surface area contributed by atoms with Crippen molar-refractivity contribution in [2.24, 2.45) is 11.8 Å². The van der Waals surface area contributed by atoms with Crippen LogP contribution in [0.15, 0.2) is 67.4 Å². The normalized spacial score (nSPS) is 23.3. The van der Waals surface area contributed by atoms with Gasteiger partial charge in [-0.1, -0.05) is 24.3 Å². The summed E-state index contributed by atoms with van der Waals surface area (Å²) >= 11 is 0. The fourth-order valence-corrected chi connectivity index (χ4v) is 4.87. The summed E-state index contributed by atoms with van der Waals surface area (Å²) < 4.78 is 0. The second kappa shape index (κ2) is 7.28. The summed E-state index contributed by atoms with van der Waals surface area (Å²) in [6.07, 6.45) is 8.62. The molecule has 1 aromatic carbocycles. The molecule has 0 bridgehead atoms. The van der Waals surface area contributed by atoms with E-state index in [0.717, 1.165) is 25.5 Å². The van der Waals surface area contributed by atoms with Gasteiger partial charge in [-0.05, 0) is 30.2 Å². The third-order valence-corrected chi connectivity index (χ3v) is 6.21. The van der Waals surface area contributed by atoms with Gasteiger partial charge in [-0.3, -0.25) is 14.8 Å². The van der Waals surface area contributed by atoms with Crippen molar-refractivity contribution in [3.8, 4) is 0 Å². The fourth-order valence-electron chi connectivity index (χ4n) is 4.87. The minimum Gasteiger partial charge on any atom is -0.355 e. The van der Waals surface area contributed by atoms with E-state index in [-0.39, 0.29) is 11.9 Å². The van der Waals surface area contributed by atoms with Crippen molar-refractivity contribution in [2.75, 3.05) is 24.5 Å². The summed E-state index contributed by atoms with van der Waals surface area (Å²) in [5, 5.41) is 0. The van der Waals surface area contributed by atoms with Gasteiger partial charge >= 0.3 is 0 Å². The summed E-state index contributed by atoms with van der Waals surface area (Å²) in [6.45, 7) is 4.64. The Bertz CT molecular complexity index is 1010. The average Bonchev–Trinajstić information content (AvgIpc) is 3.33. The van der Waals surface area contributed by atoms with E-state index < -0.39 is 0 Å². The summed E-state index contributed by atoms with van der Waals surface area (Å²) in [6, 6.07) is 12.1. The van der Waals surface area contributed by atoms with E-state index in [1.807, 2.05) is 18.3 Å². The molecule has 6 nitrogen and oxygen atoms in total. The van der Waals surface area contributed by atoms with Crippen LogP contribution in [0.5, 0.6) is 0 Å². The number of aryl methyl sites for hydroxylation is 1. The van der Waals surface area contributed by atoms with Crippen LogP contribution in [0.4, 0.5) is 5.82 Å². The maximum Gasteiger partial charge on any atom is 0.255 e. The van der Waals surface area contributed by atoms with Crippen LogP contribution in [-0.4, -0.2) is 45.4 Å². The van der Waals surface area contributed by atoms with Crippen LogP contribution in [0.2, 0.25) is 0 Å². The van der Waals surface area contributed by atoms with Crippen molar-refractivity contribution in [1.82, 2.24) is 19.9 Å². The van der Waals surface area contributed by atoms with Gasteiger partial charge in [0.1, 0.15) is 5.82 Å². The third-order valence-electron chi connectivity index (χ3n) is 6.21. The summed E-state index contributed by atoms with van der Waals surface area (Å²) in [4.78, 5) is 30.6. The molecule has 0 radical (unpaired) electrons. The topological polar surface area (TPSA) is 62.2 Å². The first-order chi connectivity index (χ1) is 14.2. The molecule has 4 heterocycles. The minimum atomic E-state index is 0.0515. The number of rotatable bonds is 3. The molecule has 0 saturated carbocycles. The monoisotopic (exact) mass is 385 g/mol. The quantitative estimate of drug-likeness (QED) is 0.693. The largest absolute Gasteiger partial charge is 0.355 e. The zero-order valence-corrected chi connectivity index (χ0v) is 16.3. The molecule has 0 N–H and O–H groups in total. The Balaban J connectivity index is 1.50. The first kappa shape index (κ1) is 17.8. The molecule has 2 aromatic heterocycles. The lowest BCUT2D eigenvalue weighted by molar-refractivity contribution is 0.0715. The second-order valence-electron chi connectivity index (χ2n) is 7.89. The number of carbonyl (C=O) groups excluding carboxylic acids is 1. The van der Waals surface area contributed by atoms with Gasteiger partial charge < -0.3 is 9.80 Å². The molecule has 6 heteroatoms. The van der Waals surface area contributed by atoms with Crippen molar-refractivity contribution >= 4 is 11.7 Å². The molecule has 1 amide bonds. The zero-order chi connectivity index (χ0) is 19.8. The smallest absolute Gasteiger partial charge is 0.255 e. The number of anilines is 1. The number of benzene rings is 1. The van der Waals surface area contributed by atoms with Crippen molar-refractivity contribution < 1.29 is 4.79 Å². The van der Waals surface area contributed by atoms with E-state index in [4.69, 9.17) is 0 Å². The van der Waals surface area contributed by atoms with Gasteiger partial charge in [-0.2, -0.15) is 0 Å². The highest BCUT2D eigenvalue weighted by Gasteiger charge is 2.49. The molecule has 2 fully saturated rings. The van der Waals surface area contributed by atoms with Crippen LogP contribution in [0.1, 0.15) is 27.5 Å².